The molecule has 4 atom stereocenters. The molecule has 0 saturated heterocycles. The average Bonchev–Trinajstić information content (AvgIpc) is 2.58. The van der Waals surface area contributed by atoms with Crippen LogP contribution in [0.1, 0.15) is 45.4 Å². The summed E-state index contributed by atoms with van der Waals surface area (Å²) < 4.78 is 54.4. The van der Waals surface area contributed by atoms with Gasteiger partial charge in [0, 0.05) is 10.1 Å². The van der Waals surface area contributed by atoms with Crippen molar-refractivity contribution in [1.29, 1.82) is 0 Å². The molecule has 0 aliphatic rings. The molecule has 0 bridgehead atoms. The Kier molecular flexibility index (Phi) is 10.4. The van der Waals surface area contributed by atoms with Crippen LogP contribution in [0.5, 0.6) is 0 Å². The highest BCUT2D eigenvalue weighted by Crippen LogP contribution is 2.33. The molecule has 0 saturated carbocycles. The summed E-state index contributed by atoms with van der Waals surface area (Å²) in [5.74, 6) is 0. The highest BCUT2D eigenvalue weighted by atomic mass is 32.2. The minimum atomic E-state index is -1.79. The lowest BCUT2D eigenvalue weighted by Crippen LogP contribution is -2.31. The highest BCUT2D eigenvalue weighted by molar-refractivity contribution is 8.00. The van der Waals surface area contributed by atoms with Crippen molar-refractivity contribution in [2.45, 2.75) is 74.1 Å². The quantitative estimate of drug-likeness (QED) is 0.236. The van der Waals surface area contributed by atoms with E-state index in [1.807, 2.05) is 6.07 Å². The maximum atomic E-state index is 14.5. The molecule has 23 heavy (non-hydrogen) atoms. The van der Waals surface area contributed by atoms with Crippen LogP contribution < -0.4 is 0 Å². The van der Waals surface area contributed by atoms with Crippen molar-refractivity contribution in [3.8, 4) is 0 Å². The number of rotatable bonds is 12. The fourth-order valence-corrected chi connectivity index (χ4v) is 3.66. The van der Waals surface area contributed by atoms with Crippen molar-refractivity contribution in [3.63, 3.8) is 0 Å². The van der Waals surface area contributed by atoms with Crippen LogP contribution in [-0.2, 0) is 0 Å². The molecule has 0 aliphatic heterocycles. The normalized spacial score (nSPS) is 16.7. The first-order chi connectivity index (χ1) is 11.1. The van der Waals surface area contributed by atoms with E-state index in [1.165, 1.54) is 0 Å². The topological polar surface area (TPSA) is 0 Å². The molecule has 0 nitrogen and oxygen atoms in total. The fourth-order valence-electron chi connectivity index (χ4n) is 2.39. The van der Waals surface area contributed by atoms with Crippen LogP contribution in [0.15, 0.2) is 35.2 Å². The minimum Gasteiger partial charge on any atom is -0.248 e. The molecule has 0 aromatic heterocycles. The molecule has 5 heteroatoms. The Morgan fingerprint density at radius 3 is 2.30 bits per heavy atom. The van der Waals surface area contributed by atoms with E-state index in [1.54, 1.807) is 24.3 Å². The van der Waals surface area contributed by atoms with Crippen LogP contribution in [0.2, 0.25) is 0 Å². The lowest BCUT2D eigenvalue weighted by Gasteiger charge is -2.24. The summed E-state index contributed by atoms with van der Waals surface area (Å²) in [6.07, 6.45) is -1.81. The lowest BCUT2D eigenvalue weighted by atomic mass is 10.0. The van der Waals surface area contributed by atoms with Crippen LogP contribution in [0, 0.1) is 0 Å². The molecule has 0 amide bonds. The van der Waals surface area contributed by atoms with Gasteiger partial charge in [0.15, 0.2) is 0 Å². The number of hydrogen-bond acceptors (Lipinski definition) is 1. The Morgan fingerprint density at radius 2 is 1.70 bits per heavy atom. The molecule has 1 aromatic carbocycles. The van der Waals surface area contributed by atoms with Gasteiger partial charge in [-0.25, -0.2) is 17.6 Å². The zero-order valence-corrected chi connectivity index (χ0v) is 14.4. The second kappa shape index (κ2) is 11.8. The van der Waals surface area contributed by atoms with Gasteiger partial charge in [0.2, 0.25) is 0 Å². The summed E-state index contributed by atoms with van der Waals surface area (Å²) in [5.41, 5.74) is 0. The lowest BCUT2D eigenvalue weighted by molar-refractivity contribution is 0.135. The van der Waals surface area contributed by atoms with Crippen LogP contribution in [0.3, 0.4) is 0 Å². The zero-order chi connectivity index (χ0) is 17.1. The van der Waals surface area contributed by atoms with Crippen molar-refractivity contribution in [3.05, 3.63) is 30.3 Å². The van der Waals surface area contributed by atoms with E-state index in [2.05, 4.69) is 6.92 Å². The van der Waals surface area contributed by atoms with E-state index in [9.17, 15) is 17.6 Å². The molecule has 4 unspecified atom stereocenters. The Labute approximate surface area is 141 Å². The predicted molar refractivity (Wildman–Crippen MR) is 90.1 cm³/mol. The first-order valence-corrected chi connectivity index (χ1v) is 9.16. The van der Waals surface area contributed by atoms with Crippen molar-refractivity contribution in [1.82, 2.24) is 0 Å². The van der Waals surface area contributed by atoms with Crippen molar-refractivity contribution in [2.75, 3.05) is 6.67 Å². The van der Waals surface area contributed by atoms with Crippen LogP contribution in [-0.4, -0.2) is 30.4 Å². The summed E-state index contributed by atoms with van der Waals surface area (Å²) >= 11 is 1.09. The molecular weight excluding hydrogens is 324 g/mol. The maximum absolute atomic E-state index is 14.5. The molecule has 132 valence electrons. The van der Waals surface area contributed by atoms with Crippen molar-refractivity contribution >= 4 is 11.8 Å². The molecule has 0 fully saturated rings. The molecule has 0 N–H and O–H groups in total. The predicted octanol–water partition coefficient (Wildman–Crippen LogP) is 6.49. The van der Waals surface area contributed by atoms with E-state index in [4.69, 9.17) is 0 Å². The first-order valence-electron chi connectivity index (χ1n) is 8.28. The monoisotopic (exact) mass is 350 g/mol. The Morgan fingerprint density at radius 1 is 1.00 bits per heavy atom. The summed E-state index contributed by atoms with van der Waals surface area (Å²) in [6, 6.07) is 8.92. The smallest absolute Gasteiger partial charge is 0.143 e. The van der Waals surface area contributed by atoms with Gasteiger partial charge in [-0.3, -0.25) is 0 Å². The van der Waals surface area contributed by atoms with Gasteiger partial charge in [-0.1, -0.05) is 50.8 Å². The van der Waals surface area contributed by atoms with Gasteiger partial charge in [-0.05, 0) is 25.0 Å². The molecule has 0 aliphatic carbocycles. The average molecular weight is 350 g/mol. The van der Waals surface area contributed by atoms with Gasteiger partial charge in [0.05, 0.1) is 0 Å². The van der Waals surface area contributed by atoms with E-state index < -0.39 is 30.4 Å². The number of thioether (sulfide) groups is 1. The van der Waals surface area contributed by atoms with Crippen LogP contribution in [0.25, 0.3) is 0 Å². The number of alkyl halides is 4. The van der Waals surface area contributed by atoms with Crippen LogP contribution >= 0.6 is 11.8 Å². The minimum absolute atomic E-state index is 0.138. The van der Waals surface area contributed by atoms with Gasteiger partial charge in [0.25, 0.3) is 0 Å². The second-order valence-corrected chi connectivity index (χ2v) is 7.08. The Balaban J connectivity index is 2.61. The third kappa shape index (κ3) is 8.09. The summed E-state index contributed by atoms with van der Waals surface area (Å²) in [4.78, 5) is 0.740. The zero-order valence-electron chi connectivity index (χ0n) is 13.6. The van der Waals surface area contributed by atoms with Gasteiger partial charge in [-0.2, -0.15) is 0 Å². The summed E-state index contributed by atoms with van der Waals surface area (Å²) in [6.45, 7) is 0.891. The summed E-state index contributed by atoms with van der Waals surface area (Å²) in [5, 5.41) is -0.913. The number of hydrogen-bond donors (Lipinski definition) is 0. The fraction of sp³-hybridized carbons (Fsp3) is 0.667. The molecule has 0 heterocycles. The second-order valence-electron chi connectivity index (χ2n) is 5.77. The largest absolute Gasteiger partial charge is 0.248 e. The first kappa shape index (κ1) is 20.3. The number of halogens is 4. The third-order valence-corrected chi connectivity index (χ3v) is 5.02. The standard InChI is InChI=1S/C18H26F4S/c1-2-3-4-8-11-16(21)18(22)17(12-14(20)13-19)23-15-9-6-5-7-10-15/h5-7,9-10,14,16-18H,2-4,8,11-13H2,1H3. The highest BCUT2D eigenvalue weighted by Gasteiger charge is 2.32. The maximum Gasteiger partial charge on any atom is 0.143 e. The van der Waals surface area contributed by atoms with Crippen LogP contribution in [0.4, 0.5) is 17.6 Å². The van der Waals surface area contributed by atoms with Gasteiger partial charge in [-0.15, -0.1) is 11.8 Å². The molecule has 1 rings (SSSR count). The van der Waals surface area contributed by atoms with Gasteiger partial charge < -0.3 is 0 Å². The van der Waals surface area contributed by atoms with Gasteiger partial charge >= 0.3 is 0 Å². The number of unbranched alkanes of at least 4 members (excludes halogenated alkanes) is 3. The van der Waals surface area contributed by atoms with E-state index in [-0.39, 0.29) is 12.8 Å². The number of benzene rings is 1. The molecule has 0 radical (unpaired) electrons. The third-order valence-electron chi connectivity index (χ3n) is 3.72. The van der Waals surface area contributed by atoms with E-state index in [0.29, 0.717) is 6.42 Å². The van der Waals surface area contributed by atoms with Crippen molar-refractivity contribution in [2.24, 2.45) is 0 Å². The van der Waals surface area contributed by atoms with E-state index in [0.717, 1.165) is 35.9 Å². The molecule has 1 aromatic rings. The SMILES string of the molecule is CCCCCCC(F)C(F)C(CC(F)CF)Sc1ccccc1. The molecular formula is C18H26F4S. The Hall–Kier alpha value is -0.710. The van der Waals surface area contributed by atoms with E-state index >= 15 is 0 Å². The Bertz CT molecular complexity index is 401. The summed E-state index contributed by atoms with van der Waals surface area (Å²) in [7, 11) is 0. The molecule has 0 spiro atoms. The van der Waals surface area contributed by atoms with Crippen molar-refractivity contribution < 1.29 is 17.6 Å². The van der Waals surface area contributed by atoms with Gasteiger partial charge in [0.1, 0.15) is 25.2 Å².